The van der Waals surface area contributed by atoms with Gasteiger partial charge < -0.3 is 20.7 Å². The fourth-order valence-corrected chi connectivity index (χ4v) is 2.86. The van der Waals surface area contributed by atoms with Crippen LogP contribution >= 0.6 is 0 Å². The smallest absolute Gasteiger partial charge is 0.338 e. The Morgan fingerprint density at radius 1 is 0.969 bits per heavy atom. The van der Waals surface area contributed by atoms with E-state index in [0.29, 0.717) is 29.4 Å². The number of amides is 3. The summed E-state index contributed by atoms with van der Waals surface area (Å²) in [6, 6.07) is 12.9. The molecule has 8 heteroatoms. The number of anilines is 2. The number of para-hydroxylation sites is 1. The van der Waals surface area contributed by atoms with Gasteiger partial charge in [0.25, 0.3) is 11.8 Å². The van der Waals surface area contributed by atoms with Crippen molar-refractivity contribution in [3.63, 3.8) is 0 Å². The van der Waals surface area contributed by atoms with Crippen molar-refractivity contribution in [2.24, 2.45) is 11.8 Å². The van der Waals surface area contributed by atoms with E-state index >= 15 is 0 Å². The molecule has 0 heterocycles. The summed E-state index contributed by atoms with van der Waals surface area (Å²) in [5.74, 6) is -1.15. The highest BCUT2D eigenvalue weighted by Gasteiger charge is 2.29. The van der Waals surface area contributed by atoms with Crippen molar-refractivity contribution >= 4 is 35.1 Å². The van der Waals surface area contributed by atoms with E-state index in [-0.39, 0.29) is 23.3 Å². The molecule has 0 atom stereocenters. The van der Waals surface area contributed by atoms with Gasteiger partial charge in [0.15, 0.2) is 6.61 Å². The molecule has 2 aromatic carbocycles. The van der Waals surface area contributed by atoms with Crippen LogP contribution in [0.3, 0.4) is 0 Å². The third kappa shape index (κ3) is 6.66. The van der Waals surface area contributed by atoms with E-state index in [2.05, 4.69) is 16.0 Å². The summed E-state index contributed by atoms with van der Waals surface area (Å²) in [5, 5.41) is 8.21. The molecule has 0 aromatic heterocycles. The van der Waals surface area contributed by atoms with Crippen LogP contribution in [0.2, 0.25) is 0 Å². The highest BCUT2D eigenvalue weighted by molar-refractivity contribution is 6.04. The lowest BCUT2D eigenvalue weighted by atomic mass is 10.1. The highest BCUT2D eigenvalue weighted by Crippen LogP contribution is 2.30. The SMILES string of the molecule is CC(C)CNC(=O)c1ccccc1NC(=O)COC(=O)c1ccc(NC(=O)C2CC2)cc1. The Kier molecular flexibility index (Phi) is 7.59. The van der Waals surface area contributed by atoms with Gasteiger partial charge in [-0.2, -0.15) is 0 Å². The zero-order valence-electron chi connectivity index (χ0n) is 18.1. The zero-order valence-corrected chi connectivity index (χ0v) is 18.1. The van der Waals surface area contributed by atoms with Crippen molar-refractivity contribution in [2.45, 2.75) is 26.7 Å². The maximum absolute atomic E-state index is 12.4. The Bertz CT molecular complexity index is 997. The summed E-state index contributed by atoms with van der Waals surface area (Å²) in [7, 11) is 0. The van der Waals surface area contributed by atoms with Gasteiger partial charge in [-0.1, -0.05) is 26.0 Å². The average Bonchev–Trinajstić information content (AvgIpc) is 3.62. The number of ether oxygens (including phenoxy) is 1. The minimum Gasteiger partial charge on any atom is -0.452 e. The van der Waals surface area contributed by atoms with Crippen LogP contribution in [-0.2, 0) is 14.3 Å². The Morgan fingerprint density at radius 3 is 2.31 bits per heavy atom. The predicted molar refractivity (Wildman–Crippen MR) is 120 cm³/mol. The lowest BCUT2D eigenvalue weighted by Gasteiger charge is -2.12. The van der Waals surface area contributed by atoms with E-state index in [1.807, 2.05) is 13.8 Å². The molecule has 8 nitrogen and oxygen atoms in total. The second kappa shape index (κ2) is 10.6. The van der Waals surface area contributed by atoms with Gasteiger partial charge in [0.1, 0.15) is 0 Å². The fraction of sp³-hybridized carbons (Fsp3) is 0.333. The molecule has 1 fully saturated rings. The lowest BCUT2D eigenvalue weighted by Crippen LogP contribution is -2.29. The topological polar surface area (TPSA) is 114 Å². The molecule has 0 bridgehead atoms. The standard InChI is InChI=1S/C24H27N3O5/c1-15(2)13-25-23(30)19-5-3-4-6-20(19)27-21(28)14-32-24(31)17-9-11-18(12-10-17)26-22(29)16-7-8-16/h3-6,9-12,15-16H,7-8,13-14H2,1-2H3,(H,25,30)(H,26,29)(H,27,28). The van der Waals surface area contributed by atoms with Gasteiger partial charge >= 0.3 is 5.97 Å². The molecule has 0 radical (unpaired) electrons. The Balaban J connectivity index is 1.51. The molecule has 1 saturated carbocycles. The van der Waals surface area contributed by atoms with E-state index in [4.69, 9.17) is 4.74 Å². The van der Waals surface area contributed by atoms with Crippen molar-refractivity contribution in [1.29, 1.82) is 0 Å². The second-order valence-electron chi connectivity index (χ2n) is 8.11. The van der Waals surface area contributed by atoms with Crippen LogP contribution in [0.5, 0.6) is 0 Å². The molecule has 1 aliphatic rings. The third-order valence-electron chi connectivity index (χ3n) is 4.79. The fourth-order valence-electron chi connectivity index (χ4n) is 2.86. The normalized spacial score (nSPS) is 12.7. The Labute approximate surface area is 186 Å². The van der Waals surface area contributed by atoms with Gasteiger partial charge in [0.05, 0.1) is 16.8 Å². The van der Waals surface area contributed by atoms with Crippen LogP contribution in [0.4, 0.5) is 11.4 Å². The van der Waals surface area contributed by atoms with Crippen molar-refractivity contribution in [3.05, 3.63) is 59.7 Å². The van der Waals surface area contributed by atoms with Crippen molar-refractivity contribution in [2.75, 3.05) is 23.8 Å². The molecule has 0 spiro atoms. The molecule has 168 valence electrons. The summed E-state index contributed by atoms with van der Waals surface area (Å²) in [5.41, 5.74) is 1.53. The largest absolute Gasteiger partial charge is 0.452 e. The molecule has 32 heavy (non-hydrogen) atoms. The Morgan fingerprint density at radius 2 is 1.66 bits per heavy atom. The summed E-state index contributed by atoms with van der Waals surface area (Å²) >= 11 is 0. The van der Waals surface area contributed by atoms with Gasteiger partial charge in [-0.05, 0) is 55.2 Å². The highest BCUT2D eigenvalue weighted by atomic mass is 16.5. The summed E-state index contributed by atoms with van der Waals surface area (Å²) < 4.78 is 5.07. The van der Waals surface area contributed by atoms with Crippen LogP contribution in [0.15, 0.2) is 48.5 Å². The maximum atomic E-state index is 12.4. The molecule has 3 N–H and O–H groups in total. The number of hydrogen-bond donors (Lipinski definition) is 3. The molecule has 0 unspecified atom stereocenters. The van der Waals surface area contributed by atoms with E-state index < -0.39 is 18.5 Å². The zero-order chi connectivity index (χ0) is 23.1. The number of carbonyl (C=O) groups excluding carboxylic acids is 4. The monoisotopic (exact) mass is 437 g/mol. The number of hydrogen-bond acceptors (Lipinski definition) is 5. The maximum Gasteiger partial charge on any atom is 0.338 e. The molecule has 1 aliphatic carbocycles. The van der Waals surface area contributed by atoms with Crippen LogP contribution in [-0.4, -0.2) is 36.8 Å². The average molecular weight is 437 g/mol. The van der Waals surface area contributed by atoms with Gasteiger partial charge in [-0.3, -0.25) is 14.4 Å². The summed E-state index contributed by atoms with van der Waals surface area (Å²) in [6.07, 6.45) is 1.82. The van der Waals surface area contributed by atoms with Gasteiger partial charge in [-0.15, -0.1) is 0 Å². The van der Waals surface area contributed by atoms with Gasteiger partial charge in [0, 0.05) is 18.2 Å². The molecular formula is C24H27N3O5. The number of rotatable bonds is 9. The van der Waals surface area contributed by atoms with Crippen molar-refractivity contribution in [3.8, 4) is 0 Å². The molecule has 3 rings (SSSR count). The first-order chi connectivity index (χ1) is 15.3. The first-order valence-electron chi connectivity index (χ1n) is 10.6. The minimum atomic E-state index is -0.664. The van der Waals surface area contributed by atoms with Gasteiger partial charge in [0.2, 0.25) is 5.91 Å². The van der Waals surface area contributed by atoms with E-state index in [1.54, 1.807) is 36.4 Å². The first kappa shape index (κ1) is 23.0. The van der Waals surface area contributed by atoms with Crippen LogP contribution < -0.4 is 16.0 Å². The van der Waals surface area contributed by atoms with Crippen LogP contribution in [0.25, 0.3) is 0 Å². The molecule has 0 aliphatic heterocycles. The molecular weight excluding hydrogens is 410 g/mol. The number of esters is 1. The molecule has 3 amide bonds. The van der Waals surface area contributed by atoms with Crippen molar-refractivity contribution < 1.29 is 23.9 Å². The van der Waals surface area contributed by atoms with Crippen molar-refractivity contribution in [1.82, 2.24) is 5.32 Å². The van der Waals surface area contributed by atoms with Crippen LogP contribution in [0, 0.1) is 11.8 Å². The number of benzene rings is 2. The predicted octanol–water partition coefficient (Wildman–Crippen LogP) is 3.22. The van der Waals surface area contributed by atoms with E-state index in [1.165, 1.54) is 12.1 Å². The molecule has 0 saturated heterocycles. The molecule has 2 aromatic rings. The second-order valence-corrected chi connectivity index (χ2v) is 8.11. The Hall–Kier alpha value is -3.68. The number of carbonyl (C=O) groups is 4. The first-order valence-corrected chi connectivity index (χ1v) is 10.6. The number of nitrogens with one attached hydrogen (secondary N) is 3. The van der Waals surface area contributed by atoms with E-state index in [9.17, 15) is 19.2 Å². The minimum absolute atomic E-state index is 0.0184. The summed E-state index contributed by atoms with van der Waals surface area (Å²) in [4.78, 5) is 48.6. The lowest BCUT2D eigenvalue weighted by molar-refractivity contribution is -0.119. The van der Waals surface area contributed by atoms with E-state index in [0.717, 1.165) is 12.8 Å². The third-order valence-corrected chi connectivity index (χ3v) is 4.79. The summed E-state index contributed by atoms with van der Waals surface area (Å²) in [6.45, 7) is 3.99. The van der Waals surface area contributed by atoms with Crippen LogP contribution in [0.1, 0.15) is 47.4 Å². The van der Waals surface area contributed by atoms with Gasteiger partial charge in [-0.25, -0.2) is 4.79 Å². The quantitative estimate of drug-likeness (QED) is 0.521.